The second-order valence-electron chi connectivity index (χ2n) is 7.27. The Kier molecular flexibility index (Phi) is 7.15. The molecule has 2 aliphatic heterocycles. The Morgan fingerprint density at radius 1 is 1.29 bits per heavy atom. The van der Waals surface area contributed by atoms with Crippen LogP contribution in [0.4, 0.5) is 4.39 Å². The lowest BCUT2D eigenvalue weighted by Gasteiger charge is -2.41. The number of likely N-dealkylation sites (tertiary alicyclic amines) is 1. The van der Waals surface area contributed by atoms with Crippen LogP contribution in [0, 0.1) is 17.7 Å². The van der Waals surface area contributed by atoms with E-state index in [9.17, 15) is 14.0 Å². The average molecular weight is 393 g/mol. The number of piperidine rings is 1. The smallest absolute Gasteiger partial charge is 0.316 e. The second-order valence-corrected chi connectivity index (χ2v) is 7.27. The molecule has 1 aromatic carbocycles. The zero-order valence-corrected chi connectivity index (χ0v) is 16.3. The quantitative estimate of drug-likeness (QED) is 0.384. The van der Waals surface area contributed by atoms with Crippen LogP contribution in [-0.4, -0.2) is 56.6 Å². The molecule has 0 radical (unpaired) electrons. The van der Waals surface area contributed by atoms with Crippen molar-refractivity contribution in [2.45, 2.75) is 32.0 Å². The van der Waals surface area contributed by atoms with Gasteiger partial charge in [0.15, 0.2) is 5.79 Å². The molecule has 0 amide bonds. The predicted molar refractivity (Wildman–Crippen MR) is 100.0 cm³/mol. The van der Waals surface area contributed by atoms with Crippen LogP contribution in [0.15, 0.2) is 24.3 Å². The van der Waals surface area contributed by atoms with Crippen molar-refractivity contribution in [3.63, 3.8) is 0 Å². The number of aldehydes is 1. The van der Waals surface area contributed by atoms with Crippen LogP contribution in [0.5, 0.6) is 0 Å². The van der Waals surface area contributed by atoms with Crippen molar-refractivity contribution in [1.29, 1.82) is 0 Å². The normalized spacial score (nSPS) is 21.4. The number of carbonyl (C=O) groups is 2. The molecule has 7 heteroatoms. The van der Waals surface area contributed by atoms with Crippen LogP contribution in [0.3, 0.4) is 0 Å². The third kappa shape index (κ3) is 4.59. The molecule has 0 bridgehead atoms. The van der Waals surface area contributed by atoms with Gasteiger partial charge in [-0.15, -0.1) is 0 Å². The van der Waals surface area contributed by atoms with E-state index in [-0.39, 0.29) is 18.3 Å². The van der Waals surface area contributed by atoms with Gasteiger partial charge in [0.25, 0.3) is 0 Å². The first kappa shape index (κ1) is 20.9. The first-order chi connectivity index (χ1) is 13.6. The van der Waals surface area contributed by atoms with Crippen molar-refractivity contribution in [1.82, 2.24) is 4.90 Å². The van der Waals surface area contributed by atoms with Gasteiger partial charge in [0.1, 0.15) is 18.0 Å². The highest BCUT2D eigenvalue weighted by molar-refractivity contribution is 5.87. The monoisotopic (exact) mass is 393 g/mol. The molecule has 0 aliphatic carbocycles. The molecule has 2 saturated heterocycles. The maximum Gasteiger partial charge on any atom is 0.316 e. The van der Waals surface area contributed by atoms with Crippen LogP contribution in [-0.2, 0) is 29.6 Å². The summed E-state index contributed by atoms with van der Waals surface area (Å²) in [5.41, 5.74) is 0.855. The van der Waals surface area contributed by atoms with Crippen molar-refractivity contribution < 1.29 is 28.2 Å². The Morgan fingerprint density at radius 2 is 1.93 bits per heavy atom. The number of ether oxygens (including phenoxy) is 3. The van der Waals surface area contributed by atoms with Crippen LogP contribution in [0.1, 0.15) is 31.7 Å². The molecule has 1 aromatic rings. The maximum absolute atomic E-state index is 13.3. The van der Waals surface area contributed by atoms with Gasteiger partial charge >= 0.3 is 5.97 Å². The average Bonchev–Trinajstić information content (AvgIpc) is 3.21. The molecule has 1 atom stereocenters. The Morgan fingerprint density at radius 3 is 2.50 bits per heavy atom. The summed E-state index contributed by atoms with van der Waals surface area (Å²) >= 11 is 0. The van der Waals surface area contributed by atoms with Gasteiger partial charge < -0.3 is 23.9 Å². The zero-order valence-electron chi connectivity index (χ0n) is 16.3. The Labute approximate surface area is 164 Å². The number of hydrogen-bond donors (Lipinski definition) is 0. The molecule has 154 valence electrons. The highest BCUT2D eigenvalue weighted by Gasteiger charge is 2.46. The Balaban J connectivity index is 1.57. The Bertz CT molecular complexity index is 651. The molecule has 0 N–H and O–H groups in total. The topological polar surface area (TPSA) is 65.1 Å². The fourth-order valence-corrected chi connectivity index (χ4v) is 4.10. The van der Waals surface area contributed by atoms with E-state index in [4.69, 9.17) is 14.2 Å². The number of halogens is 1. The summed E-state index contributed by atoms with van der Waals surface area (Å²) in [5, 5.41) is 0. The maximum atomic E-state index is 13.3. The van der Waals surface area contributed by atoms with Gasteiger partial charge in [-0.05, 0) is 58.0 Å². The molecule has 2 heterocycles. The number of hydrogen-bond acceptors (Lipinski definition) is 6. The third-order valence-corrected chi connectivity index (χ3v) is 5.60. The van der Waals surface area contributed by atoms with E-state index in [0.29, 0.717) is 32.5 Å². The summed E-state index contributed by atoms with van der Waals surface area (Å²) in [6.45, 7) is 5.38. The third-order valence-electron chi connectivity index (χ3n) is 5.60. The summed E-state index contributed by atoms with van der Waals surface area (Å²) in [4.78, 5) is 25.2. The number of carbonyl (C=O) groups excluding carboxylic acids is 2. The van der Waals surface area contributed by atoms with Crippen molar-refractivity contribution in [3.05, 3.63) is 35.6 Å². The molecule has 0 spiro atoms. The summed E-state index contributed by atoms with van der Waals surface area (Å²) in [5.74, 6) is -2.07. The summed E-state index contributed by atoms with van der Waals surface area (Å²) in [7, 11) is 0. The number of rotatable bonds is 8. The second kappa shape index (κ2) is 9.58. The van der Waals surface area contributed by atoms with Crippen LogP contribution in [0.2, 0.25) is 0 Å². The molecule has 0 saturated carbocycles. The van der Waals surface area contributed by atoms with Crippen molar-refractivity contribution in [3.8, 4) is 0 Å². The number of esters is 1. The van der Waals surface area contributed by atoms with Gasteiger partial charge in [0.2, 0.25) is 0 Å². The van der Waals surface area contributed by atoms with Gasteiger partial charge in [0.05, 0.1) is 19.8 Å². The SMILES string of the molecule is CCOC(=O)C(C=O)CCN1CCC(C2(c3ccc(F)cc3)OCCO2)CC1. The van der Waals surface area contributed by atoms with Crippen LogP contribution < -0.4 is 0 Å². The van der Waals surface area contributed by atoms with Gasteiger partial charge in [-0.3, -0.25) is 4.79 Å². The zero-order chi connectivity index (χ0) is 20.0. The molecule has 6 nitrogen and oxygen atoms in total. The van der Waals surface area contributed by atoms with Gasteiger partial charge in [-0.1, -0.05) is 12.1 Å². The minimum Gasteiger partial charge on any atom is -0.465 e. The van der Waals surface area contributed by atoms with Crippen molar-refractivity contribution >= 4 is 12.3 Å². The first-order valence-electron chi connectivity index (χ1n) is 9.97. The van der Waals surface area contributed by atoms with Gasteiger partial charge in [-0.25, -0.2) is 4.39 Å². The molecular formula is C21H28FNO5. The van der Waals surface area contributed by atoms with E-state index in [1.54, 1.807) is 19.1 Å². The molecule has 0 aromatic heterocycles. The molecule has 2 fully saturated rings. The fraction of sp³-hybridized carbons (Fsp3) is 0.619. The van der Waals surface area contributed by atoms with E-state index in [1.165, 1.54) is 12.1 Å². The number of nitrogens with zero attached hydrogens (tertiary/aromatic N) is 1. The largest absolute Gasteiger partial charge is 0.465 e. The van der Waals surface area contributed by atoms with Crippen molar-refractivity contribution in [2.75, 3.05) is 39.5 Å². The summed E-state index contributed by atoms with van der Waals surface area (Å²) in [6.07, 6.45) is 2.86. The predicted octanol–water partition coefficient (Wildman–Crippen LogP) is 2.51. The Hall–Kier alpha value is -1.83. The summed E-state index contributed by atoms with van der Waals surface area (Å²) < 4.78 is 30.4. The summed E-state index contributed by atoms with van der Waals surface area (Å²) in [6, 6.07) is 6.35. The van der Waals surface area contributed by atoms with Gasteiger partial charge in [0, 0.05) is 11.5 Å². The molecule has 3 rings (SSSR count). The lowest BCUT2D eigenvalue weighted by Crippen LogP contribution is -2.45. The lowest BCUT2D eigenvalue weighted by atomic mass is 9.84. The molecule has 1 unspecified atom stereocenters. The van der Waals surface area contributed by atoms with Crippen LogP contribution in [0.25, 0.3) is 0 Å². The van der Waals surface area contributed by atoms with Crippen molar-refractivity contribution in [2.24, 2.45) is 11.8 Å². The molecule has 28 heavy (non-hydrogen) atoms. The highest BCUT2D eigenvalue weighted by atomic mass is 19.1. The minimum atomic E-state index is -0.809. The fourth-order valence-electron chi connectivity index (χ4n) is 4.10. The highest BCUT2D eigenvalue weighted by Crippen LogP contribution is 2.43. The van der Waals surface area contributed by atoms with E-state index in [1.807, 2.05) is 0 Å². The van der Waals surface area contributed by atoms with E-state index < -0.39 is 17.7 Å². The lowest BCUT2D eigenvalue weighted by molar-refractivity contribution is -0.214. The first-order valence-corrected chi connectivity index (χ1v) is 9.97. The van der Waals surface area contributed by atoms with E-state index in [0.717, 1.165) is 31.5 Å². The van der Waals surface area contributed by atoms with E-state index in [2.05, 4.69) is 4.90 Å². The standard InChI is InChI=1S/C21H28FNO5/c1-2-26-20(25)16(15-24)7-10-23-11-8-18(9-12-23)21(27-13-14-28-21)17-3-5-19(22)6-4-17/h3-6,15-16,18H,2,7-14H2,1H3. The molecular weight excluding hydrogens is 365 g/mol. The molecule has 2 aliphatic rings. The van der Waals surface area contributed by atoms with Crippen LogP contribution >= 0.6 is 0 Å². The minimum absolute atomic E-state index is 0.170. The van der Waals surface area contributed by atoms with Gasteiger partial charge in [-0.2, -0.15) is 0 Å². The van der Waals surface area contributed by atoms with E-state index >= 15 is 0 Å². The number of benzene rings is 1.